The molecular formula is C21H16FNO. The minimum Gasteiger partial charge on any atom is -0.299 e. The van der Waals surface area contributed by atoms with Crippen LogP contribution in [0.15, 0.2) is 54.6 Å². The Hall–Kier alpha value is -2.81. The van der Waals surface area contributed by atoms with Crippen molar-refractivity contribution < 1.29 is 9.18 Å². The van der Waals surface area contributed by atoms with Gasteiger partial charge in [-0.15, -0.1) is 0 Å². The minimum absolute atomic E-state index is 0.267. The van der Waals surface area contributed by atoms with Crippen LogP contribution in [0.3, 0.4) is 0 Å². The van der Waals surface area contributed by atoms with Crippen molar-refractivity contribution in [1.82, 2.24) is 4.98 Å². The quantitative estimate of drug-likeness (QED) is 0.493. The van der Waals surface area contributed by atoms with Crippen molar-refractivity contribution in [1.29, 1.82) is 0 Å². The number of nitrogens with zero attached hydrogens (tertiary/aromatic N) is 1. The lowest BCUT2D eigenvalue weighted by atomic mass is 9.92. The summed E-state index contributed by atoms with van der Waals surface area (Å²) in [6, 6.07) is 14.6. The number of aldehydes is 1. The van der Waals surface area contributed by atoms with Crippen molar-refractivity contribution in [2.75, 3.05) is 0 Å². The van der Waals surface area contributed by atoms with Crippen molar-refractivity contribution in [3.8, 4) is 11.1 Å². The number of benzene rings is 2. The number of halogens is 1. The van der Waals surface area contributed by atoms with Gasteiger partial charge in [-0.05, 0) is 37.1 Å². The van der Waals surface area contributed by atoms with Crippen LogP contribution in [0.2, 0.25) is 0 Å². The average molecular weight is 317 g/mol. The van der Waals surface area contributed by atoms with Crippen LogP contribution in [-0.4, -0.2) is 11.3 Å². The third kappa shape index (κ3) is 2.52. The lowest BCUT2D eigenvalue weighted by molar-refractivity contribution is -0.104. The number of fused-ring (bicyclic) bond motifs is 1. The largest absolute Gasteiger partial charge is 0.299 e. The van der Waals surface area contributed by atoms with Gasteiger partial charge in [0, 0.05) is 28.0 Å². The van der Waals surface area contributed by atoms with Gasteiger partial charge in [0.1, 0.15) is 12.1 Å². The Morgan fingerprint density at radius 1 is 1.04 bits per heavy atom. The zero-order valence-electron chi connectivity index (χ0n) is 13.1. The van der Waals surface area contributed by atoms with Crippen LogP contribution in [0.25, 0.3) is 28.1 Å². The van der Waals surface area contributed by atoms with Crippen LogP contribution in [-0.2, 0) is 4.79 Å². The molecule has 1 aromatic heterocycles. The van der Waals surface area contributed by atoms with Crippen molar-refractivity contribution >= 4 is 23.3 Å². The van der Waals surface area contributed by atoms with E-state index in [0.29, 0.717) is 11.5 Å². The Kier molecular flexibility index (Phi) is 3.69. The Bertz CT molecular complexity index is 957. The standard InChI is InChI=1S/C21H16FNO/c22-18-9-3-1-6-15(18)20-16-7-2-4-10-19(16)23-21(14-11-12-14)17(20)8-5-13-24/h1-10,13-14H,11-12H2. The highest BCUT2D eigenvalue weighted by Crippen LogP contribution is 2.45. The highest BCUT2D eigenvalue weighted by atomic mass is 19.1. The molecular weight excluding hydrogens is 301 g/mol. The van der Waals surface area contributed by atoms with Crippen LogP contribution in [0.1, 0.15) is 30.0 Å². The first-order valence-electron chi connectivity index (χ1n) is 8.09. The second-order valence-electron chi connectivity index (χ2n) is 6.05. The molecule has 0 spiro atoms. The molecule has 3 aromatic rings. The first-order valence-corrected chi connectivity index (χ1v) is 8.09. The van der Waals surface area contributed by atoms with Gasteiger partial charge in [0.25, 0.3) is 0 Å². The second kappa shape index (κ2) is 6.00. The maximum atomic E-state index is 14.5. The van der Waals surface area contributed by atoms with E-state index < -0.39 is 0 Å². The molecule has 1 aliphatic rings. The molecule has 0 N–H and O–H groups in total. The Morgan fingerprint density at radius 2 is 1.79 bits per heavy atom. The number of hydrogen-bond donors (Lipinski definition) is 0. The molecule has 0 saturated heterocycles. The Morgan fingerprint density at radius 3 is 2.54 bits per heavy atom. The molecule has 24 heavy (non-hydrogen) atoms. The molecule has 0 bridgehead atoms. The van der Waals surface area contributed by atoms with Crippen molar-refractivity contribution in [3.63, 3.8) is 0 Å². The number of carbonyl (C=O) groups excluding carboxylic acids is 1. The van der Waals surface area contributed by atoms with Crippen LogP contribution in [0, 0.1) is 5.82 Å². The normalized spacial score (nSPS) is 14.4. The predicted molar refractivity (Wildman–Crippen MR) is 94.2 cm³/mol. The summed E-state index contributed by atoms with van der Waals surface area (Å²) in [5, 5.41) is 0.901. The van der Waals surface area contributed by atoms with E-state index in [1.807, 2.05) is 30.3 Å². The zero-order chi connectivity index (χ0) is 16.5. The summed E-state index contributed by atoms with van der Waals surface area (Å²) in [4.78, 5) is 15.7. The summed E-state index contributed by atoms with van der Waals surface area (Å²) in [5.74, 6) is 0.128. The monoisotopic (exact) mass is 317 g/mol. The van der Waals surface area contributed by atoms with E-state index >= 15 is 0 Å². The first kappa shape index (κ1) is 14.8. The van der Waals surface area contributed by atoms with Crippen molar-refractivity contribution in [2.24, 2.45) is 0 Å². The van der Waals surface area contributed by atoms with E-state index in [4.69, 9.17) is 4.98 Å². The third-order valence-electron chi connectivity index (χ3n) is 4.41. The Balaban J connectivity index is 2.13. The first-order chi connectivity index (χ1) is 11.8. The van der Waals surface area contributed by atoms with Crippen LogP contribution in [0.4, 0.5) is 4.39 Å². The van der Waals surface area contributed by atoms with Crippen LogP contribution >= 0.6 is 0 Å². The van der Waals surface area contributed by atoms with E-state index in [0.717, 1.165) is 46.9 Å². The zero-order valence-corrected chi connectivity index (χ0v) is 13.1. The molecule has 1 aliphatic carbocycles. The summed E-state index contributed by atoms with van der Waals surface area (Å²) in [5.41, 5.74) is 4.04. The number of pyridine rings is 1. The van der Waals surface area contributed by atoms with Gasteiger partial charge >= 0.3 is 0 Å². The number of para-hydroxylation sites is 1. The highest BCUT2D eigenvalue weighted by molar-refractivity contribution is 6.00. The molecule has 2 aromatic carbocycles. The molecule has 0 aliphatic heterocycles. The van der Waals surface area contributed by atoms with Gasteiger partial charge in [-0.2, -0.15) is 0 Å². The fourth-order valence-corrected chi connectivity index (χ4v) is 3.17. The predicted octanol–water partition coefficient (Wildman–Crippen LogP) is 5.13. The number of rotatable bonds is 4. The lowest BCUT2D eigenvalue weighted by Gasteiger charge is -2.15. The van der Waals surface area contributed by atoms with Gasteiger partial charge in [-0.3, -0.25) is 9.78 Å². The topological polar surface area (TPSA) is 30.0 Å². The van der Waals surface area contributed by atoms with Gasteiger partial charge in [0.2, 0.25) is 0 Å². The molecule has 0 unspecified atom stereocenters. The van der Waals surface area contributed by atoms with Crippen molar-refractivity contribution in [3.05, 3.63) is 71.7 Å². The van der Waals surface area contributed by atoms with E-state index in [-0.39, 0.29) is 5.82 Å². The summed E-state index contributed by atoms with van der Waals surface area (Å²) in [6.07, 6.45) is 6.15. The van der Waals surface area contributed by atoms with E-state index in [9.17, 15) is 9.18 Å². The Labute approximate surface area is 139 Å². The highest BCUT2D eigenvalue weighted by Gasteiger charge is 2.29. The van der Waals surface area contributed by atoms with Gasteiger partial charge in [-0.25, -0.2) is 4.39 Å². The smallest absolute Gasteiger partial charge is 0.142 e. The maximum Gasteiger partial charge on any atom is 0.142 e. The maximum absolute atomic E-state index is 14.5. The molecule has 1 heterocycles. The van der Waals surface area contributed by atoms with Gasteiger partial charge in [0.05, 0.1) is 11.2 Å². The summed E-state index contributed by atoms with van der Waals surface area (Å²) in [7, 11) is 0. The number of aromatic nitrogens is 1. The van der Waals surface area contributed by atoms with E-state index in [1.165, 1.54) is 12.1 Å². The number of carbonyl (C=O) groups is 1. The molecule has 2 nitrogen and oxygen atoms in total. The lowest BCUT2D eigenvalue weighted by Crippen LogP contribution is -1.99. The van der Waals surface area contributed by atoms with E-state index in [1.54, 1.807) is 18.2 Å². The number of allylic oxidation sites excluding steroid dienone is 1. The van der Waals surface area contributed by atoms with Crippen LogP contribution in [0.5, 0.6) is 0 Å². The van der Waals surface area contributed by atoms with Gasteiger partial charge < -0.3 is 0 Å². The van der Waals surface area contributed by atoms with Crippen LogP contribution < -0.4 is 0 Å². The fourth-order valence-electron chi connectivity index (χ4n) is 3.17. The van der Waals surface area contributed by atoms with E-state index in [2.05, 4.69) is 0 Å². The molecule has 0 atom stereocenters. The molecule has 3 heteroatoms. The van der Waals surface area contributed by atoms with Gasteiger partial charge in [0.15, 0.2) is 0 Å². The molecule has 0 amide bonds. The average Bonchev–Trinajstić information content (AvgIpc) is 3.44. The summed E-state index contributed by atoms with van der Waals surface area (Å²) in [6.45, 7) is 0. The van der Waals surface area contributed by atoms with Gasteiger partial charge in [-0.1, -0.05) is 36.4 Å². The molecule has 118 valence electrons. The molecule has 0 radical (unpaired) electrons. The molecule has 4 rings (SSSR count). The SMILES string of the molecule is O=CC=Cc1c(C2CC2)nc2ccccc2c1-c1ccccc1F. The van der Waals surface area contributed by atoms with Crippen molar-refractivity contribution in [2.45, 2.75) is 18.8 Å². The molecule has 1 fully saturated rings. The minimum atomic E-state index is -0.267. The third-order valence-corrected chi connectivity index (χ3v) is 4.41. The fraction of sp³-hybridized carbons (Fsp3) is 0.143. The summed E-state index contributed by atoms with van der Waals surface area (Å²) < 4.78 is 14.5. The molecule has 1 saturated carbocycles. The second-order valence-corrected chi connectivity index (χ2v) is 6.05. The number of hydrogen-bond acceptors (Lipinski definition) is 2. The summed E-state index contributed by atoms with van der Waals surface area (Å²) >= 11 is 0.